The van der Waals surface area contributed by atoms with E-state index in [1.54, 1.807) is 0 Å². The van der Waals surface area contributed by atoms with Gasteiger partial charge in [0.1, 0.15) is 6.61 Å². The Kier molecular flexibility index (Phi) is 9.68. The van der Waals surface area contributed by atoms with Crippen molar-refractivity contribution in [2.45, 2.75) is 43.4 Å². The molecular weight excluding hydrogens is 415 g/mol. The van der Waals surface area contributed by atoms with Gasteiger partial charge in [-0.2, -0.15) is 30.7 Å². The van der Waals surface area contributed by atoms with Crippen LogP contribution in [0.15, 0.2) is 0 Å². The van der Waals surface area contributed by atoms with Crippen molar-refractivity contribution >= 4 is 0 Å². The Morgan fingerprint density at radius 3 is 1.62 bits per heavy atom. The van der Waals surface area contributed by atoms with Gasteiger partial charge in [0.15, 0.2) is 0 Å². The van der Waals surface area contributed by atoms with Gasteiger partial charge in [0, 0.05) is 6.92 Å². The second kappa shape index (κ2) is 9.25. The third-order valence-corrected chi connectivity index (χ3v) is 2.26. The summed E-state index contributed by atoms with van der Waals surface area (Å²) < 4.78 is 165. The molecule has 1 heterocycles. The van der Waals surface area contributed by atoms with Crippen LogP contribution in [-0.4, -0.2) is 57.2 Å². The summed E-state index contributed by atoms with van der Waals surface area (Å²) in [5, 5.41) is 0. The van der Waals surface area contributed by atoms with E-state index < -0.39 is 50.0 Å². The summed E-state index contributed by atoms with van der Waals surface area (Å²) in [5.74, 6) is -10.7. The van der Waals surface area contributed by atoms with E-state index in [2.05, 4.69) is 14.2 Å². The highest BCUT2D eigenvalue weighted by atomic mass is 19.4. The molecule has 1 fully saturated rings. The molecule has 0 amide bonds. The number of alkyl halides is 13. The Morgan fingerprint density at radius 1 is 0.923 bits per heavy atom. The maximum absolute atomic E-state index is 13.7. The lowest BCUT2D eigenvalue weighted by Gasteiger charge is -2.48. The molecule has 0 aromatic heterocycles. The fraction of sp³-hybridized carbons (Fsp3) is 1.00. The average Bonchev–Trinajstić information content (AvgIpc) is 2.44. The van der Waals surface area contributed by atoms with Crippen LogP contribution in [0, 0.1) is 0 Å². The first-order chi connectivity index (χ1) is 11.5. The van der Waals surface area contributed by atoms with E-state index in [1.807, 2.05) is 0 Å². The first-order valence-electron chi connectivity index (χ1n) is 5.83. The molecule has 0 bridgehead atoms. The summed E-state index contributed by atoms with van der Waals surface area (Å²) in [6.45, 7) is -4.26. The molecule has 1 aliphatic rings. The van der Waals surface area contributed by atoms with Crippen LogP contribution in [0.1, 0.15) is 6.92 Å². The quantitative estimate of drug-likeness (QED) is 0.601. The summed E-state index contributed by atoms with van der Waals surface area (Å²) >= 11 is 0. The van der Waals surface area contributed by atoms with Gasteiger partial charge in [-0.1, -0.05) is 0 Å². The number of rotatable bonds is 3. The van der Waals surface area contributed by atoms with Gasteiger partial charge in [-0.05, 0) is 0 Å². The summed E-state index contributed by atoms with van der Waals surface area (Å²) in [4.78, 5) is 0. The van der Waals surface area contributed by atoms with Crippen LogP contribution < -0.4 is 0 Å². The van der Waals surface area contributed by atoms with Crippen molar-refractivity contribution in [3.8, 4) is 0 Å². The lowest BCUT2D eigenvalue weighted by Crippen LogP contribution is -2.73. The van der Waals surface area contributed by atoms with Gasteiger partial charge >= 0.3 is 30.0 Å². The van der Waals surface area contributed by atoms with Crippen molar-refractivity contribution in [1.82, 2.24) is 0 Å². The van der Waals surface area contributed by atoms with Crippen molar-refractivity contribution in [2.24, 2.45) is 0 Å². The first-order valence-corrected chi connectivity index (χ1v) is 5.83. The molecule has 0 spiro atoms. The van der Waals surface area contributed by atoms with Gasteiger partial charge in [-0.15, -0.1) is 0 Å². The minimum absolute atomic E-state index is 0.303. The molecule has 0 saturated carbocycles. The predicted molar refractivity (Wildman–Crippen MR) is 56.4 cm³/mol. The van der Waals surface area contributed by atoms with E-state index in [0.717, 1.165) is 0 Å². The normalized spacial score (nSPS) is 33.7. The molecule has 0 aromatic rings. The van der Waals surface area contributed by atoms with Crippen molar-refractivity contribution in [1.29, 1.82) is 0 Å². The van der Waals surface area contributed by atoms with Gasteiger partial charge in [0.05, 0.1) is 7.18 Å². The third-order valence-electron chi connectivity index (χ3n) is 2.26. The second-order valence-corrected chi connectivity index (χ2v) is 4.07. The number of hydrogen-bond acceptors (Lipinski definition) is 3. The van der Waals surface area contributed by atoms with E-state index in [-0.39, 0.29) is 6.92 Å². The van der Waals surface area contributed by atoms with Crippen molar-refractivity contribution in [2.75, 3.05) is 20.7 Å². The van der Waals surface area contributed by atoms with Crippen molar-refractivity contribution < 1.29 is 71.3 Å². The average molecular weight is 426 g/mol. The van der Waals surface area contributed by atoms with E-state index in [9.17, 15) is 57.1 Å². The standard InChI is InChI=1S/C8H6F10O3.CH2F2.CH3F/c1-4(11)7(16,17)21-5(12,6(13,14)15)8(18,20-4)19-2-3(9)10;2-1-3;1-2/h3H,2H2,1H3;1H2;1H3. The third kappa shape index (κ3) is 5.73. The van der Waals surface area contributed by atoms with Crippen LogP contribution in [-0.2, 0) is 14.2 Å². The molecule has 160 valence electrons. The van der Waals surface area contributed by atoms with E-state index in [4.69, 9.17) is 0 Å². The zero-order chi connectivity index (χ0) is 21.6. The van der Waals surface area contributed by atoms with Gasteiger partial charge in [-0.3, -0.25) is 13.9 Å². The van der Waals surface area contributed by atoms with Crippen LogP contribution >= 0.6 is 0 Å². The van der Waals surface area contributed by atoms with Gasteiger partial charge in [0.2, 0.25) is 6.93 Å². The maximum atomic E-state index is 13.7. The highest BCUT2D eigenvalue weighted by Gasteiger charge is 2.84. The summed E-state index contributed by atoms with van der Waals surface area (Å²) in [6.07, 6.45) is -15.8. The fourth-order valence-electron chi connectivity index (χ4n) is 1.22. The molecule has 3 nitrogen and oxygen atoms in total. The Hall–Kier alpha value is -1.03. The molecule has 1 rings (SSSR count). The summed E-state index contributed by atoms with van der Waals surface area (Å²) in [7, 11) is 0.500. The molecule has 1 saturated heterocycles. The van der Waals surface area contributed by atoms with Crippen LogP contribution in [0.4, 0.5) is 57.1 Å². The minimum atomic E-state index is -6.55. The SMILES string of the molecule is CC1(F)OC(F)(OCC(F)F)C(F)(C(F)(F)F)OC1(F)F.CF.FCF. The zero-order valence-electron chi connectivity index (χ0n) is 12.6. The van der Waals surface area contributed by atoms with Crippen LogP contribution in [0.2, 0.25) is 0 Å². The Balaban J connectivity index is 0. The first kappa shape index (κ1) is 27.2. The van der Waals surface area contributed by atoms with E-state index >= 15 is 0 Å². The Morgan fingerprint density at radius 2 is 1.31 bits per heavy atom. The van der Waals surface area contributed by atoms with Crippen LogP contribution in [0.5, 0.6) is 0 Å². The zero-order valence-corrected chi connectivity index (χ0v) is 12.6. The summed E-state index contributed by atoms with van der Waals surface area (Å²) in [5.41, 5.74) is 0. The largest absolute Gasteiger partial charge is 0.457 e. The monoisotopic (exact) mass is 426 g/mol. The van der Waals surface area contributed by atoms with Gasteiger partial charge in [0.25, 0.3) is 6.43 Å². The summed E-state index contributed by atoms with van der Waals surface area (Å²) in [6, 6.07) is -5.41. The topological polar surface area (TPSA) is 27.7 Å². The number of halogens is 13. The Labute approximate surface area is 137 Å². The Bertz CT molecular complexity index is 415. The molecule has 26 heavy (non-hydrogen) atoms. The molecule has 0 aromatic carbocycles. The highest BCUT2D eigenvalue weighted by Crippen LogP contribution is 2.57. The second-order valence-electron chi connectivity index (χ2n) is 4.07. The molecule has 0 aliphatic carbocycles. The lowest BCUT2D eigenvalue weighted by atomic mass is 10.2. The van der Waals surface area contributed by atoms with Crippen LogP contribution in [0.25, 0.3) is 0 Å². The molecule has 3 atom stereocenters. The van der Waals surface area contributed by atoms with E-state index in [1.165, 1.54) is 0 Å². The van der Waals surface area contributed by atoms with Gasteiger partial charge < -0.3 is 4.74 Å². The molecule has 0 radical (unpaired) electrons. The maximum Gasteiger partial charge on any atom is 0.457 e. The molecule has 16 heteroatoms. The van der Waals surface area contributed by atoms with E-state index in [0.29, 0.717) is 7.18 Å². The van der Waals surface area contributed by atoms with Gasteiger partial charge in [-0.25, -0.2) is 22.0 Å². The minimum Gasteiger partial charge on any atom is -0.313 e. The molecule has 3 unspecified atom stereocenters. The van der Waals surface area contributed by atoms with Crippen molar-refractivity contribution in [3.63, 3.8) is 0 Å². The molecule has 0 N–H and O–H groups in total. The van der Waals surface area contributed by atoms with Crippen molar-refractivity contribution in [3.05, 3.63) is 0 Å². The molecule has 1 aliphatic heterocycles. The lowest BCUT2D eigenvalue weighted by molar-refractivity contribution is -0.610. The number of hydrogen-bond donors (Lipinski definition) is 0. The van der Waals surface area contributed by atoms with Crippen LogP contribution in [0.3, 0.4) is 0 Å². The predicted octanol–water partition coefficient (Wildman–Crippen LogP) is 4.91. The number of ether oxygens (including phenoxy) is 3. The fourth-order valence-corrected chi connectivity index (χ4v) is 1.22. The smallest absolute Gasteiger partial charge is 0.313 e. The highest BCUT2D eigenvalue weighted by molar-refractivity contribution is 4.96. The molecular formula is C10H11F13O3.